The smallest absolute Gasteiger partial charge is 0.243 e. The van der Waals surface area contributed by atoms with Gasteiger partial charge in [0.15, 0.2) is 0 Å². The Bertz CT molecular complexity index is 947. The number of aromatic nitrogens is 1. The van der Waals surface area contributed by atoms with Crippen LogP contribution >= 0.6 is 0 Å². The number of benzene rings is 1. The number of nitrogens with zero attached hydrogens (tertiary/aromatic N) is 2. The zero-order valence-electron chi connectivity index (χ0n) is 12.9. The minimum atomic E-state index is -3.52. The van der Waals surface area contributed by atoms with Gasteiger partial charge in [0.2, 0.25) is 10.0 Å². The summed E-state index contributed by atoms with van der Waals surface area (Å²) in [6.07, 6.45) is 5.73. The van der Waals surface area contributed by atoms with Crippen LogP contribution < -0.4 is 0 Å². The Morgan fingerprint density at radius 1 is 0.958 bits per heavy atom. The van der Waals surface area contributed by atoms with Gasteiger partial charge in [0.05, 0.1) is 17.7 Å². The van der Waals surface area contributed by atoms with E-state index in [1.54, 1.807) is 30.8 Å². The van der Waals surface area contributed by atoms with Gasteiger partial charge in [0, 0.05) is 18.9 Å². The van der Waals surface area contributed by atoms with Gasteiger partial charge in [-0.3, -0.25) is 4.98 Å². The molecular formula is C18H16N2O3S. The van der Waals surface area contributed by atoms with Crippen LogP contribution in [0.25, 0.3) is 11.1 Å². The average Bonchev–Trinajstić information content (AvgIpc) is 3.10. The number of pyridine rings is 1. The van der Waals surface area contributed by atoms with Crippen LogP contribution in [-0.4, -0.2) is 24.3 Å². The van der Waals surface area contributed by atoms with Gasteiger partial charge in [-0.05, 0) is 53.4 Å². The number of furan rings is 1. The van der Waals surface area contributed by atoms with E-state index in [4.69, 9.17) is 4.42 Å². The summed E-state index contributed by atoms with van der Waals surface area (Å²) in [7, 11) is -3.52. The summed E-state index contributed by atoms with van der Waals surface area (Å²) in [5, 5.41) is 0. The van der Waals surface area contributed by atoms with E-state index >= 15 is 0 Å². The van der Waals surface area contributed by atoms with Gasteiger partial charge in [-0.15, -0.1) is 0 Å². The number of fused-ring (bicyclic) bond motifs is 1. The Morgan fingerprint density at radius 3 is 2.42 bits per heavy atom. The summed E-state index contributed by atoms with van der Waals surface area (Å²) in [6, 6.07) is 12.7. The molecular weight excluding hydrogens is 324 g/mol. The van der Waals surface area contributed by atoms with Crippen LogP contribution in [0, 0.1) is 0 Å². The van der Waals surface area contributed by atoms with Crippen LogP contribution in [0.1, 0.15) is 11.3 Å². The maximum Gasteiger partial charge on any atom is 0.243 e. The van der Waals surface area contributed by atoms with Gasteiger partial charge in [-0.1, -0.05) is 12.1 Å². The molecule has 1 aliphatic heterocycles. The molecule has 6 heteroatoms. The molecule has 0 bridgehead atoms. The van der Waals surface area contributed by atoms with Crippen LogP contribution in [-0.2, 0) is 23.0 Å². The first-order chi connectivity index (χ1) is 11.6. The van der Waals surface area contributed by atoms with E-state index < -0.39 is 10.0 Å². The summed E-state index contributed by atoms with van der Waals surface area (Å²) in [4.78, 5) is 4.29. The third-order valence-corrected chi connectivity index (χ3v) is 6.15. The number of rotatable bonds is 3. The van der Waals surface area contributed by atoms with E-state index in [-0.39, 0.29) is 6.54 Å². The number of sulfonamides is 1. The zero-order chi connectivity index (χ0) is 16.6. The van der Waals surface area contributed by atoms with Crippen molar-refractivity contribution in [2.75, 3.05) is 6.54 Å². The fourth-order valence-corrected chi connectivity index (χ4v) is 4.33. The van der Waals surface area contributed by atoms with Crippen LogP contribution in [0.4, 0.5) is 0 Å². The van der Waals surface area contributed by atoms with Gasteiger partial charge in [0.25, 0.3) is 0 Å². The fraction of sp³-hybridized carbons (Fsp3) is 0.167. The van der Waals surface area contributed by atoms with Gasteiger partial charge < -0.3 is 4.42 Å². The molecule has 0 N–H and O–H groups in total. The maximum absolute atomic E-state index is 12.8. The second-order valence-electron chi connectivity index (χ2n) is 5.72. The second-order valence-corrected chi connectivity index (χ2v) is 7.66. The van der Waals surface area contributed by atoms with Crippen LogP contribution in [0.2, 0.25) is 0 Å². The number of hydrogen-bond acceptors (Lipinski definition) is 4. The lowest BCUT2D eigenvalue weighted by molar-refractivity contribution is 0.343. The summed E-state index contributed by atoms with van der Waals surface area (Å²) < 4.78 is 32.5. The highest BCUT2D eigenvalue weighted by Gasteiger charge is 2.29. The van der Waals surface area contributed by atoms with Crippen molar-refractivity contribution < 1.29 is 12.8 Å². The molecule has 0 saturated carbocycles. The number of hydrogen-bond donors (Lipinski definition) is 0. The van der Waals surface area contributed by atoms with Gasteiger partial charge in [0.1, 0.15) is 5.76 Å². The standard InChI is InChI=1S/C18H16N2O3S/c21-24(22,20-11-7-16-8-12-23-18(16)13-20)17-3-1-14(2-4-17)15-5-9-19-10-6-15/h1-6,8-10,12H,7,11,13H2. The molecule has 0 amide bonds. The molecule has 3 aromatic rings. The first-order valence-corrected chi connectivity index (χ1v) is 9.14. The summed E-state index contributed by atoms with van der Waals surface area (Å²) in [6.45, 7) is 0.762. The summed E-state index contributed by atoms with van der Waals surface area (Å²) >= 11 is 0. The molecule has 0 aliphatic carbocycles. The normalized spacial score (nSPS) is 15.2. The van der Waals surface area contributed by atoms with E-state index in [1.807, 2.05) is 30.3 Å². The van der Waals surface area contributed by atoms with E-state index in [0.717, 1.165) is 22.5 Å². The van der Waals surface area contributed by atoms with Crippen molar-refractivity contribution >= 4 is 10.0 Å². The molecule has 0 radical (unpaired) electrons. The quantitative estimate of drug-likeness (QED) is 0.735. The molecule has 2 aromatic heterocycles. The molecule has 24 heavy (non-hydrogen) atoms. The Hall–Kier alpha value is -2.44. The highest BCUT2D eigenvalue weighted by Crippen LogP contribution is 2.27. The van der Waals surface area contributed by atoms with E-state index in [2.05, 4.69) is 4.98 Å². The van der Waals surface area contributed by atoms with E-state index in [1.165, 1.54) is 4.31 Å². The van der Waals surface area contributed by atoms with Gasteiger partial charge in [-0.25, -0.2) is 8.42 Å². The predicted molar refractivity (Wildman–Crippen MR) is 89.7 cm³/mol. The lowest BCUT2D eigenvalue weighted by atomic mass is 10.1. The predicted octanol–water partition coefficient (Wildman–Crippen LogP) is 3.09. The maximum atomic E-state index is 12.8. The van der Waals surface area contributed by atoms with Crippen LogP contribution in [0.3, 0.4) is 0 Å². The molecule has 0 unspecified atom stereocenters. The van der Waals surface area contributed by atoms with Crippen molar-refractivity contribution in [3.8, 4) is 11.1 Å². The molecule has 0 saturated heterocycles. The molecule has 0 spiro atoms. The third-order valence-electron chi connectivity index (χ3n) is 4.29. The highest BCUT2D eigenvalue weighted by atomic mass is 32.2. The van der Waals surface area contributed by atoms with Crippen molar-refractivity contribution in [1.29, 1.82) is 0 Å². The summed E-state index contributed by atoms with van der Waals surface area (Å²) in [5.41, 5.74) is 3.06. The average molecular weight is 340 g/mol. The first-order valence-electron chi connectivity index (χ1n) is 7.70. The minimum Gasteiger partial charge on any atom is -0.468 e. The highest BCUT2D eigenvalue weighted by molar-refractivity contribution is 7.89. The van der Waals surface area contributed by atoms with Gasteiger partial charge in [-0.2, -0.15) is 4.31 Å². The Balaban J connectivity index is 1.61. The van der Waals surface area contributed by atoms with E-state index in [9.17, 15) is 8.42 Å². The molecule has 1 aliphatic rings. The zero-order valence-corrected chi connectivity index (χ0v) is 13.7. The van der Waals surface area contributed by atoms with Crippen molar-refractivity contribution in [2.45, 2.75) is 17.9 Å². The topological polar surface area (TPSA) is 63.4 Å². The largest absolute Gasteiger partial charge is 0.468 e. The molecule has 1 aromatic carbocycles. The molecule has 5 nitrogen and oxygen atoms in total. The van der Waals surface area contributed by atoms with Crippen molar-refractivity contribution in [3.05, 3.63) is 72.4 Å². The van der Waals surface area contributed by atoms with E-state index in [0.29, 0.717) is 17.9 Å². The molecule has 0 fully saturated rings. The summed E-state index contributed by atoms with van der Waals surface area (Å²) in [5.74, 6) is 0.734. The van der Waals surface area contributed by atoms with Crippen molar-refractivity contribution in [1.82, 2.24) is 9.29 Å². The lowest BCUT2D eigenvalue weighted by Gasteiger charge is -2.25. The van der Waals surface area contributed by atoms with Crippen molar-refractivity contribution in [3.63, 3.8) is 0 Å². The Labute approximate surface area is 140 Å². The molecule has 0 atom stereocenters. The van der Waals surface area contributed by atoms with Crippen LogP contribution in [0.5, 0.6) is 0 Å². The monoisotopic (exact) mass is 340 g/mol. The Kier molecular flexibility index (Phi) is 3.70. The minimum absolute atomic E-state index is 0.288. The molecule has 4 rings (SSSR count). The third kappa shape index (κ3) is 2.64. The second kappa shape index (κ2) is 5.89. The lowest BCUT2D eigenvalue weighted by Crippen LogP contribution is -2.35. The van der Waals surface area contributed by atoms with Gasteiger partial charge >= 0.3 is 0 Å². The molecule has 3 heterocycles. The Morgan fingerprint density at radius 2 is 1.67 bits per heavy atom. The SMILES string of the molecule is O=S(=O)(c1ccc(-c2ccncc2)cc1)N1CCc2ccoc2C1. The van der Waals surface area contributed by atoms with Crippen molar-refractivity contribution in [2.24, 2.45) is 0 Å². The van der Waals surface area contributed by atoms with Crippen LogP contribution in [0.15, 0.2) is 70.4 Å². The fourth-order valence-electron chi connectivity index (χ4n) is 2.93. The molecule has 122 valence electrons. The first kappa shape index (κ1) is 15.1.